The van der Waals surface area contributed by atoms with Gasteiger partial charge in [-0.25, -0.2) is 4.79 Å². The molecule has 0 atom stereocenters. The summed E-state index contributed by atoms with van der Waals surface area (Å²) in [6.45, 7) is 12.4. The van der Waals surface area contributed by atoms with Gasteiger partial charge >= 0.3 is 5.97 Å². The average Bonchev–Trinajstić information content (AvgIpc) is 2.85. The standard InChI is InChI=1S/C17H16O2.C9H10O2.C4H10/c1-12-5-3-4-6-15(12)13(2)7-8-14-9-10-16(18)17(19)11-14;1-2-7-4-3-5-8(6-7)9(10)11;1-3-4-2/h3-11,18-19H,2H2,1H3;3-6H,2H2,1H3,(H,10,11);3-4H2,1-2H3/b8-7+;;. The molecule has 0 aromatic heterocycles. The maximum Gasteiger partial charge on any atom is 0.335 e. The molecule has 0 aliphatic rings. The Hall–Kier alpha value is -3.79. The molecule has 3 aromatic carbocycles. The Morgan fingerprint density at radius 2 is 1.56 bits per heavy atom. The number of carboxylic acid groups (broad SMARTS) is 1. The SMILES string of the molecule is C=C(/C=C/c1ccc(O)c(O)c1)c1ccccc1C.CCCC.CCc1cccc(C(=O)O)c1. The van der Waals surface area contributed by atoms with Crippen molar-refractivity contribution >= 4 is 17.6 Å². The normalized spacial score (nSPS) is 10.0. The second-order valence-corrected chi connectivity index (χ2v) is 7.78. The Labute approximate surface area is 203 Å². The number of carbonyl (C=O) groups is 1. The molecule has 3 N–H and O–H groups in total. The highest BCUT2D eigenvalue weighted by Crippen LogP contribution is 2.26. The molecule has 180 valence electrons. The Bertz CT molecular complexity index is 1090. The van der Waals surface area contributed by atoms with Gasteiger partial charge in [0.1, 0.15) is 0 Å². The van der Waals surface area contributed by atoms with Crippen LogP contribution in [0.4, 0.5) is 0 Å². The summed E-state index contributed by atoms with van der Waals surface area (Å²) in [5, 5.41) is 27.3. The summed E-state index contributed by atoms with van der Waals surface area (Å²) < 4.78 is 0. The third kappa shape index (κ3) is 9.78. The molecule has 4 nitrogen and oxygen atoms in total. The maximum absolute atomic E-state index is 10.5. The van der Waals surface area contributed by atoms with Gasteiger partial charge < -0.3 is 15.3 Å². The lowest BCUT2D eigenvalue weighted by atomic mass is 10.0. The second-order valence-electron chi connectivity index (χ2n) is 7.78. The average molecular weight is 461 g/mol. The highest BCUT2D eigenvalue weighted by Gasteiger charge is 2.01. The molecule has 0 bridgehead atoms. The summed E-state index contributed by atoms with van der Waals surface area (Å²) >= 11 is 0. The highest BCUT2D eigenvalue weighted by atomic mass is 16.4. The van der Waals surface area contributed by atoms with Gasteiger partial charge in [-0.3, -0.25) is 0 Å². The zero-order chi connectivity index (χ0) is 25.5. The molecule has 0 spiro atoms. The van der Waals surface area contributed by atoms with Crippen molar-refractivity contribution in [3.8, 4) is 11.5 Å². The first-order valence-corrected chi connectivity index (χ1v) is 11.5. The van der Waals surface area contributed by atoms with E-state index in [2.05, 4.69) is 20.4 Å². The van der Waals surface area contributed by atoms with Crippen molar-refractivity contribution in [2.24, 2.45) is 0 Å². The van der Waals surface area contributed by atoms with E-state index in [1.165, 1.54) is 30.5 Å². The molecule has 0 unspecified atom stereocenters. The van der Waals surface area contributed by atoms with Gasteiger partial charge in [-0.1, -0.05) is 94.8 Å². The molecule has 0 aliphatic heterocycles. The summed E-state index contributed by atoms with van der Waals surface area (Å²) in [6.07, 6.45) is 7.27. The van der Waals surface area contributed by atoms with Crippen LogP contribution in [0.2, 0.25) is 0 Å². The quantitative estimate of drug-likeness (QED) is 0.258. The second kappa shape index (κ2) is 15.1. The van der Waals surface area contributed by atoms with Gasteiger partial charge in [0.2, 0.25) is 0 Å². The number of aromatic hydroxyl groups is 2. The molecule has 0 fully saturated rings. The predicted octanol–water partition coefficient (Wildman–Crippen LogP) is 7.89. The lowest BCUT2D eigenvalue weighted by Gasteiger charge is -2.05. The third-order valence-corrected chi connectivity index (χ3v) is 5.05. The fourth-order valence-corrected chi connectivity index (χ4v) is 2.79. The number of aryl methyl sites for hydroxylation is 2. The van der Waals surface area contributed by atoms with Crippen molar-refractivity contribution in [2.75, 3.05) is 0 Å². The highest BCUT2D eigenvalue weighted by molar-refractivity contribution is 5.87. The third-order valence-electron chi connectivity index (χ3n) is 5.05. The molecule has 0 saturated carbocycles. The van der Waals surface area contributed by atoms with Crippen LogP contribution in [0.5, 0.6) is 11.5 Å². The van der Waals surface area contributed by atoms with E-state index < -0.39 is 5.97 Å². The van der Waals surface area contributed by atoms with Crippen LogP contribution in [0.3, 0.4) is 0 Å². The fraction of sp³-hybridized carbons (Fsp3) is 0.233. The van der Waals surface area contributed by atoms with Gasteiger partial charge in [-0.05, 0) is 65.4 Å². The van der Waals surface area contributed by atoms with Gasteiger partial charge in [-0.2, -0.15) is 0 Å². The van der Waals surface area contributed by atoms with E-state index in [-0.39, 0.29) is 11.5 Å². The Morgan fingerprint density at radius 1 is 0.882 bits per heavy atom. The number of unbranched alkanes of at least 4 members (excludes halogenated alkanes) is 1. The van der Waals surface area contributed by atoms with Crippen molar-refractivity contribution in [1.82, 2.24) is 0 Å². The van der Waals surface area contributed by atoms with Crippen LogP contribution < -0.4 is 0 Å². The van der Waals surface area contributed by atoms with Crippen LogP contribution in [-0.2, 0) is 6.42 Å². The Balaban J connectivity index is 0.000000325. The van der Waals surface area contributed by atoms with Crippen LogP contribution in [0.1, 0.15) is 66.2 Å². The Kier molecular flexibility index (Phi) is 12.6. The number of rotatable bonds is 6. The number of allylic oxidation sites excluding steroid dienone is 2. The monoisotopic (exact) mass is 460 g/mol. The minimum atomic E-state index is -0.861. The lowest BCUT2D eigenvalue weighted by Crippen LogP contribution is -1.96. The number of phenolic OH excluding ortho intramolecular Hbond substituents is 2. The summed E-state index contributed by atoms with van der Waals surface area (Å²) in [4.78, 5) is 10.5. The minimum absolute atomic E-state index is 0.116. The molecule has 0 saturated heterocycles. The van der Waals surface area contributed by atoms with Crippen LogP contribution in [0, 0.1) is 6.92 Å². The largest absolute Gasteiger partial charge is 0.504 e. The van der Waals surface area contributed by atoms with Crippen LogP contribution in [-0.4, -0.2) is 21.3 Å². The van der Waals surface area contributed by atoms with Gasteiger partial charge in [0.15, 0.2) is 11.5 Å². The van der Waals surface area contributed by atoms with Crippen LogP contribution >= 0.6 is 0 Å². The molecule has 0 amide bonds. The molecular weight excluding hydrogens is 424 g/mol. The molecule has 0 radical (unpaired) electrons. The van der Waals surface area contributed by atoms with Crippen molar-refractivity contribution in [2.45, 2.75) is 47.0 Å². The van der Waals surface area contributed by atoms with E-state index in [0.29, 0.717) is 5.56 Å². The summed E-state index contributed by atoms with van der Waals surface area (Å²) in [5.74, 6) is -1.10. The molecule has 4 heteroatoms. The topological polar surface area (TPSA) is 77.8 Å². The zero-order valence-corrected chi connectivity index (χ0v) is 20.6. The van der Waals surface area contributed by atoms with E-state index in [9.17, 15) is 15.0 Å². The van der Waals surface area contributed by atoms with E-state index in [1.54, 1.807) is 24.3 Å². The molecule has 3 rings (SSSR count). The smallest absolute Gasteiger partial charge is 0.335 e. The lowest BCUT2D eigenvalue weighted by molar-refractivity contribution is 0.0696. The van der Waals surface area contributed by atoms with E-state index in [4.69, 9.17) is 5.11 Å². The number of phenols is 2. The minimum Gasteiger partial charge on any atom is -0.504 e. The van der Waals surface area contributed by atoms with Crippen molar-refractivity contribution in [1.29, 1.82) is 0 Å². The number of hydrogen-bond acceptors (Lipinski definition) is 3. The number of aromatic carboxylic acids is 1. The predicted molar refractivity (Wildman–Crippen MR) is 142 cm³/mol. The molecular formula is C30H36O4. The van der Waals surface area contributed by atoms with Gasteiger partial charge in [0.05, 0.1) is 5.56 Å². The summed E-state index contributed by atoms with van der Waals surface area (Å²) in [6, 6.07) is 19.7. The van der Waals surface area contributed by atoms with E-state index in [0.717, 1.165) is 28.7 Å². The van der Waals surface area contributed by atoms with Crippen molar-refractivity contribution < 1.29 is 20.1 Å². The van der Waals surface area contributed by atoms with E-state index >= 15 is 0 Å². The van der Waals surface area contributed by atoms with Crippen molar-refractivity contribution in [3.63, 3.8) is 0 Å². The maximum atomic E-state index is 10.5. The zero-order valence-electron chi connectivity index (χ0n) is 20.6. The Morgan fingerprint density at radius 3 is 2.12 bits per heavy atom. The van der Waals surface area contributed by atoms with Gasteiger partial charge in [0.25, 0.3) is 0 Å². The molecule has 34 heavy (non-hydrogen) atoms. The molecule has 0 heterocycles. The molecule has 0 aliphatic carbocycles. The number of benzene rings is 3. The first kappa shape index (κ1) is 28.2. The number of hydrogen-bond donors (Lipinski definition) is 3. The first-order valence-electron chi connectivity index (χ1n) is 11.5. The number of carboxylic acids is 1. The van der Waals surface area contributed by atoms with Crippen LogP contribution in [0.15, 0.2) is 79.4 Å². The van der Waals surface area contributed by atoms with Gasteiger partial charge in [-0.15, -0.1) is 0 Å². The summed E-state index contributed by atoms with van der Waals surface area (Å²) in [7, 11) is 0. The van der Waals surface area contributed by atoms with Crippen molar-refractivity contribution in [3.05, 3.63) is 107 Å². The van der Waals surface area contributed by atoms with E-state index in [1.807, 2.05) is 56.3 Å². The van der Waals surface area contributed by atoms with Crippen LogP contribution in [0.25, 0.3) is 11.6 Å². The fourth-order valence-electron chi connectivity index (χ4n) is 2.79. The summed E-state index contributed by atoms with van der Waals surface area (Å²) in [5.41, 5.74) is 5.41. The first-order chi connectivity index (χ1) is 16.2. The van der Waals surface area contributed by atoms with Gasteiger partial charge in [0, 0.05) is 0 Å². The molecule has 3 aromatic rings.